The lowest BCUT2D eigenvalue weighted by atomic mass is 10.0. The van der Waals surface area contributed by atoms with Crippen molar-refractivity contribution in [3.05, 3.63) is 54.1 Å². The molecule has 0 aliphatic carbocycles. The molecule has 3 aromatic heterocycles. The lowest BCUT2D eigenvalue weighted by Gasteiger charge is -2.32. The Morgan fingerprint density at radius 1 is 1.16 bits per heavy atom. The summed E-state index contributed by atoms with van der Waals surface area (Å²) < 4.78 is 1.87. The van der Waals surface area contributed by atoms with Crippen molar-refractivity contribution >= 4 is 17.4 Å². The van der Waals surface area contributed by atoms with Gasteiger partial charge in [-0.25, -0.2) is 4.98 Å². The highest BCUT2D eigenvalue weighted by molar-refractivity contribution is 5.93. The van der Waals surface area contributed by atoms with Gasteiger partial charge in [-0.1, -0.05) is 6.07 Å². The first-order valence-electron chi connectivity index (χ1n) is 8.49. The first-order chi connectivity index (χ1) is 12.2. The van der Waals surface area contributed by atoms with E-state index in [1.165, 1.54) is 0 Å². The quantitative estimate of drug-likeness (QED) is 0.793. The van der Waals surface area contributed by atoms with Crippen LogP contribution >= 0.6 is 0 Å². The Labute approximate surface area is 145 Å². The van der Waals surface area contributed by atoms with Crippen molar-refractivity contribution in [3.8, 4) is 0 Å². The van der Waals surface area contributed by atoms with E-state index in [1.54, 1.807) is 6.20 Å². The molecular weight excluding hydrogens is 316 g/mol. The number of aryl methyl sites for hydroxylation is 1. The van der Waals surface area contributed by atoms with Crippen LogP contribution in [0.15, 0.2) is 42.7 Å². The maximum Gasteiger partial charge on any atom is 0.274 e. The van der Waals surface area contributed by atoms with Crippen LogP contribution < -0.4 is 5.32 Å². The van der Waals surface area contributed by atoms with Gasteiger partial charge in [0, 0.05) is 31.5 Å². The summed E-state index contributed by atoms with van der Waals surface area (Å²) in [4.78, 5) is 19.0. The largest absolute Gasteiger partial charge is 0.366 e. The van der Waals surface area contributed by atoms with E-state index in [0.29, 0.717) is 24.8 Å². The lowest BCUT2D eigenvalue weighted by Crippen LogP contribution is -2.42. The number of pyridine rings is 1. The predicted octanol–water partition coefficient (Wildman–Crippen LogP) is 2.15. The summed E-state index contributed by atoms with van der Waals surface area (Å²) >= 11 is 0. The zero-order valence-electron chi connectivity index (χ0n) is 14.1. The molecule has 0 bridgehead atoms. The number of hydrogen-bond donors (Lipinski definition) is 1. The fourth-order valence-corrected chi connectivity index (χ4v) is 3.11. The van der Waals surface area contributed by atoms with Crippen molar-refractivity contribution < 1.29 is 4.79 Å². The molecule has 7 heteroatoms. The fourth-order valence-electron chi connectivity index (χ4n) is 3.11. The number of hydrogen-bond acceptors (Lipinski definition) is 5. The van der Waals surface area contributed by atoms with Crippen molar-refractivity contribution in [3.63, 3.8) is 0 Å². The Morgan fingerprint density at radius 2 is 2.00 bits per heavy atom. The second-order valence-electron chi connectivity index (χ2n) is 6.36. The summed E-state index contributed by atoms with van der Waals surface area (Å²) in [7, 11) is 0. The molecule has 4 heterocycles. The number of carbonyl (C=O) groups is 1. The van der Waals surface area contributed by atoms with Crippen LogP contribution in [0.5, 0.6) is 0 Å². The lowest BCUT2D eigenvalue weighted by molar-refractivity contribution is 0.0713. The number of amides is 1. The van der Waals surface area contributed by atoms with Gasteiger partial charge in [0.05, 0.1) is 5.69 Å². The molecule has 0 unspecified atom stereocenters. The molecule has 7 nitrogen and oxygen atoms in total. The number of rotatable bonds is 3. The minimum atomic E-state index is -0.00252. The van der Waals surface area contributed by atoms with Gasteiger partial charge in [0.15, 0.2) is 0 Å². The number of carbonyl (C=O) groups excluding carboxylic acids is 1. The van der Waals surface area contributed by atoms with E-state index in [1.807, 2.05) is 52.8 Å². The zero-order chi connectivity index (χ0) is 17.2. The Kier molecular flexibility index (Phi) is 4.05. The molecule has 1 N–H and O–H groups in total. The molecule has 0 saturated carbocycles. The van der Waals surface area contributed by atoms with Crippen LogP contribution in [0.4, 0.5) is 5.82 Å². The molecule has 0 aromatic carbocycles. The van der Waals surface area contributed by atoms with Gasteiger partial charge in [0.1, 0.15) is 17.2 Å². The van der Waals surface area contributed by atoms with Crippen LogP contribution in [-0.2, 0) is 0 Å². The molecule has 0 radical (unpaired) electrons. The summed E-state index contributed by atoms with van der Waals surface area (Å²) in [5, 5.41) is 11.6. The highest BCUT2D eigenvalue weighted by Gasteiger charge is 2.25. The molecule has 1 amide bonds. The standard InChI is InChI=1S/C18H20N6O/c1-13-5-6-16(22-21-13)19-14-7-10-23(11-8-14)18(25)15-12-24-9-3-2-4-17(24)20-15/h2-6,9,12,14H,7-8,10-11H2,1H3,(H,19,22). The van der Waals surface area contributed by atoms with E-state index >= 15 is 0 Å². The van der Waals surface area contributed by atoms with E-state index in [-0.39, 0.29) is 5.91 Å². The van der Waals surface area contributed by atoms with Gasteiger partial charge < -0.3 is 14.6 Å². The Bertz CT molecular complexity index is 847. The maximum absolute atomic E-state index is 12.7. The topological polar surface area (TPSA) is 75.4 Å². The number of imidazole rings is 1. The average Bonchev–Trinajstić information content (AvgIpc) is 3.08. The SMILES string of the molecule is Cc1ccc(NC2CCN(C(=O)c3cn4ccccc4n3)CC2)nn1. The first kappa shape index (κ1) is 15.6. The summed E-state index contributed by atoms with van der Waals surface area (Å²) in [6, 6.07) is 9.93. The van der Waals surface area contributed by atoms with Crippen LogP contribution in [0.25, 0.3) is 5.65 Å². The number of nitrogens with one attached hydrogen (secondary N) is 1. The molecule has 4 rings (SSSR count). The number of piperidine rings is 1. The third-order valence-corrected chi connectivity index (χ3v) is 4.52. The van der Waals surface area contributed by atoms with E-state index < -0.39 is 0 Å². The van der Waals surface area contributed by atoms with Crippen LogP contribution in [-0.4, -0.2) is 49.5 Å². The van der Waals surface area contributed by atoms with Gasteiger partial charge >= 0.3 is 0 Å². The highest BCUT2D eigenvalue weighted by Crippen LogP contribution is 2.17. The molecule has 25 heavy (non-hydrogen) atoms. The highest BCUT2D eigenvalue weighted by atomic mass is 16.2. The number of anilines is 1. The third-order valence-electron chi connectivity index (χ3n) is 4.52. The number of fused-ring (bicyclic) bond motifs is 1. The van der Waals surface area contributed by atoms with Crippen molar-refractivity contribution in [2.24, 2.45) is 0 Å². The smallest absolute Gasteiger partial charge is 0.274 e. The van der Waals surface area contributed by atoms with Gasteiger partial charge in [-0.15, -0.1) is 5.10 Å². The molecule has 0 atom stereocenters. The van der Waals surface area contributed by atoms with Crippen LogP contribution in [0.1, 0.15) is 29.0 Å². The number of aromatic nitrogens is 4. The van der Waals surface area contributed by atoms with Crippen LogP contribution in [0.3, 0.4) is 0 Å². The fraction of sp³-hybridized carbons (Fsp3) is 0.333. The van der Waals surface area contributed by atoms with E-state index in [9.17, 15) is 4.79 Å². The summed E-state index contributed by atoms with van der Waals surface area (Å²) in [6.45, 7) is 3.34. The first-order valence-corrected chi connectivity index (χ1v) is 8.49. The normalized spacial score (nSPS) is 15.5. The predicted molar refractivity (Wildman–Crippen MR) is 94.5 cm³/mol. The molecule has 1 saturated heterocycles. The Balaban J connectivity index is 1.37. The molecule has 1 fully saturated rings. The van der Waals surface area contributed by atoms with Crippen molar-refractivity contribution in [2.45, 2.75) is 25.8 Å². The molecule has 1 aliphatic heterocycles. The molecule has 128 valence electrons. The van der Waals surface area contributed by atoms with Gasteiger partial charge in [-0.2, -0.15) is 5.10 Å². The summed E-state index contributed by atoms with van der Waals surface area (Å²) in [6.07, 6.45) is 5.46. The van der Waals surface area contributed by atoms with Crippen molar-refractivity contribution in [2.75, 3.05) is 18.4 Å². The number of likely N-dealkylation sites (tertiary alicyclic amines) is 1. The van der Waals surface area contributed by atoms with Crippen LogP contribution in [0, 0.1) is 6.92 Å². The van der Waals surface area contributed by atoms with Crippen molar-refractivity contribution in [1.82, 2.24) is 24.5 Å². The van der Waals surface area contributed by atoms with Gasteiger partial charge in [0.2, 0.25) is 0 Å². The Hall–Kier alpha value is -2.96. The molecule has 3 aromatic rings. The Morgan fingerprint density at radius 3 is 2.72 bits per heavy atom. The van der Waals surface area contributed by atoms with Gasteiger partial charge in [0.25, 0.3) is 5.91 Å². The molecular formula is C18H20N6O. The molecule has 1 aliphatic rings. The van der Waals surface area contributed by atoms with E-state index in [0.717, 1.165) is 30.0 Å². The van der Waals surface area contributed by atoms with Crippen LogP contribution in [0.2, 0.25) is 0 Å². The van der Waals surface area contributed by atoms with Gasteiger partial charge in [-0.05, 0) is 44.0 Å². The zero-order valence-corrected chi connectivity index (χ0v) is 14.1. The third kappa shape index (κ3) is 3.31. The second kappa shape index (κ2) is 6.51. The minimum absolute atomic E-state index is 0.00252. The maximum atomic E-state index is 12.7. The number of nitrogens with zero attached hydrogens (tertiary/aromatic N) is 5. The summed E-state index contributed by atoms with van der Waals surface area (Å²) in [5.41, 5.74) is 2.20. The monoisotopic (exact) mass is 336 g/mol. The van der Waals surface area contributed by atoms with Crippen molar-refractivity contribution in [1.29, 1.82) is 0 Å². The molecule has 0 spiro atoms. The minimum Gasteiger partial charge on any atom is -0.366 e. The van der Waals surface area contributed by atoms with Gasteiger partial charge in [-0.3, -0.25) is 4.79 Å². The van der Waals surface area contributed by atoms with E-state index in [4.69, 9.17) is 0 Å². The van der Waals surface area contributed by atoms with E-state index in [2.05, 4.69) is 20.5 Å². The second-order valence-corrected chi connectivity index (χ2v) is 6.36. The average molecular weight is 336 g/mol. The summed E-state index contributed by atoms with van der Waals surface area (Å²) in [5.74, 6) is 0.785.